The van der Waals surface area contributed by atoms with E-state index in [0.29, 0.717) is 16.7 Å². The van der Waals surface area contributed by atoms with Crippen molar-refractivity contribution >= 4 is 0 Å². The number of aliphatic hydroxyl groups excluding tert-OH is 2. The molecule has 0 heterocycles. The third-order valence-electron chi connectivity index (χ3n) is 8.49. The molecule has 4 rings (SSSR count). The summed E-state index contributed by atoms with van der Waals surface area (Å²) in [6.45, 7) is 7.56. The van der Waals surface area contributed by atoms with Crippen LogP contribution < -0.4 is 0 Å². The first-order valence-electron chi connectivity index (χ1n) is 9.27. The maximum atomic E-state index is 10.8. The number of hydrogen-bond donors (Lipinski definition) is 2. The molecular formula is C20H32O2. The molecule has 0 unspecified atom stereocenters. The lowest BCUT2D eigenvalue weighted by Crippen LogP contribution is -2.59. The van der Waals surface area contributed by atoms with Crippen molar-refractivity contribution in [1.29, 1.82) is 0 Å². The van der Waals surface area contributed by atoms with Crippen molar-refractivity contribution in [1.82, 2.24) is 0 Å². The Morgan fingerprint density at radius 1 is 1.05 bits per heavy atom. The zero-order valence-electron chi connectivity index (χ0n) is 14.4. The summed E-state index contributed by atoms with van der Waals surface area (Å²) in [7, 11) is 0. The second kappa shape index (κ2) is 4.39. The second-order valence-electron chi connectivity index (χ2n) is 9.88. The van der Waals surface area contributed by atoms with Crippen LogP contribution in [0.25, 0.3) is 0 Å². The van der Waals surface area contributed by atoms with Gasteiger partial charge in [0.2, 0.25) is 0 Å². The largest absolute Gasteiger partial charge is 0.395 e. The maximum absolute atomic E-state index is 10.8. The van der Waals surface area contributed by atoms with E-state index in [1.54, 1.807) is 0 Å². The summed E-state index contributed by atoms with van der Waals surface area (Å²) in [5.74, 6) is 1.37. The molecule has 3 saturated carbocycles. The molecule has 124 valence electrons. The maximum Gasteiger partial charge on any atom is 0.0656 e. The molecule has 4 aliphatic carbocycles. The van der Waals surface area contributed by atoms with Crippen LogP contribution in [0.4, 0.5) is 0 Å². The molecule has 2 N–H and O–H groups in total. The van der Waals surface area contributed by atoms with Gasteiger partial charge in [0.1, 0.15) is 0 Å². The quantitative estimate of drug-likeness (QED) is 0.721. The Morgan fingerprint density at radius 3 is 2.55 bits per heavy atom. The molecule has 0 amide bonds. The van der Waals surface area contributed by atoms with Gasteiger partial charge in [-0.3, -0.25) is 0 Å². The molecule has 0 aromatic heterocycles. The zero-order chi connectivity index (χ0) is 15.8. The highest BCUT2D eigenvalue weighted by molar-refractivity contribution is 5.28. The molecule has 0 aromatic carbocycles. The van der Waals surface area contributed by atoms with E-state index < -0.39 is 0 Å². The molecular weight excluding hydrogens is 272 g/mol. The first-order chi connectivity index (χ1) is 10.3. The van der Waals surface area contributed by atoms with E-state index in [1.165, 1.54) is 32.1 Å². The lowest BCUT2D eigenvalue weighted by molar-refractivity contribution is -0.171. The van der Waals surface area contributed by atoms with Gasteiger partial charge in [0.15, 0.2) is 0 Å². The lowest BCUT2D eigenvalue weighted by Gasteiger charge is -2.65. The summed E-state index contributed by atoms with van der Waals surface area (Å²) in [5.41, 5.74) is 0.704. The third-order valence-corrected chi connectivity index (χ3v) is 8.49. The zero-order valence-corrected chi connectivity index (χ0v) is 14.4. The van der Waals surface area contributed by atoms with Crippen molar-refractivity contribution < 1.29 is 10.2 Å². The molecule has 2 heteroatoms. The summed E-state index contributed by atoms with van der Waals surface area (Å²) in [6, 6.07) is 0. The van der Waals surface area contributed by atoms with Gasteiger partial charge in [-0.2, -0.15) is 0 Å². The van der Waals surface area contributed by atoms with E-state index >= 15 is 0 Å². The molecule has 6 atom stereocenters. The summed E-state index contributed by atoms with van der Waals surface area (Å²) in [4.78, 5) is 0. The first-order valence-corrected chi connectivity index (χ1v) is 9.27. The van der Waals surface area contributed by atoms with Crippen LogP contribution >= 0.6 is 0 Å². The highest BCUT2D eigenvalue weighted by Crippen LogP contribution is 2.71. The Labute approximate surface area is 135 Å². The van der Waals surface area contributed by atoms with Gasteiger partial charge >= 0.3 is 0 Å². The summed E-state index contributed by atoms with van der Waals surface area (Å²) >= 11 is 0. The van der Waals surface area contributed by atoms with Gasteiger partial charge in [0, 0.05) is 5.41 Å². The summed E-state index contributed by atoms with van der Waals surface area (Å²) in [5, 5.41) is 20.7. The van der Waals surface area contributed by atoms with Crippen LogP contribution in [-0.4, -0.2) is 22.9 Å². The third kappa shape index (κ3) is 1.69. The van der Waals surface area contributed by atoms with Crippen LogP contribution in [0, 0.1) is 33.5 Å². The van der Waals surface area contributed by atoms with E-state index in [-0.39, 0.29) is 23.5 Å². The number of allylic oxidation sites excluding steroid dienone is 1. The highest BCUT2D eigenvalue weighted by atomic mass is 16.3. The fourth-order valence-corrected chi connectivity index (χ4v) is 7.43. The van der Waals surface area contributed by atoms with Gasteiger partial charge in [-0.25, -0.2) is 0 Å². The Hall–Kier alpha value is -0.340. The van der Waals surface area contributed by atoms with E-state index in [9.17, 15) is 10.2 Å². The predicted molar refractivity (Wildman–Crippen MR) is 88.3 cm³/mol. The number of rotatable bonds is 1. The molecule has 2 nitrogen and oxygen atoms in total. The molecule has 0 radical (unpaired) electrons. The van der Waals surface area contributed by atoms with Crippen molar-refractivity contribution in [3.63, 3.8) is 0 Å². The fraction of sp³-hybridized carbons (Fsp3) is 0.900. The minimum Gasteiger partial charge on any atom is -0.395 e. The molecule has 4 aliphatic rings. The minimum absolute atomic E-state index is 0.102. The second-order valence-corrected chi connectivity index (χ2v) is 9.88. The van der Waals surface area contributed by atoms with Crippen LogP contribution in [0.2, 0.25) is 0 Å². The van der Waals surface area contributed by atoms with Crippen LogP contribution in [0.15, 0.2) is 12.2 Å². The van der Waals surface area contributed by atoms with Gasteiger partial charge in [0.05, 0.1) is 12.7 Å². The van der Waals surface area contributed by atoms with Gasteiger partial charge in [-0.15, -0.1) is 0 Å². The molecule has 0 aromatic rings. The van der Waals surface area contributed by atoms with E-state index in [2.05, 4.69) is 32.9 Å². The molecule has 3 fully saturated rings. The molecule has 0 saturated heterocycles. The van der Waals surface area contributed by atoms with Crippen molar-refractivity contribution in [2.24, 2.45) is 33.5 Å². The normalized spacial score (nSPS) is 55.6. The Balaban J connectivity index is 1.75. The van der Waals surface area contributed by atoms with E-state index in [4.69, 9.17) is 0 Å². The van der Waals surface area contributed by atoms with Gasteiger partial charge in [-0.1, -0.05) is 39.3 Å². The van der Waals surface area contributed by atoms with Crippen molar-refractivity contribution in [3.05, 3.63) is 12.2 Å². The monoisotopic (exact) mass is 304 g/mol. The number of fused-ring (bicyclic) bond motifs is 3. The van der Waals surface area contributed by atoms with Crippen LogP contribution in [-0.2, 0) is 0 Å². The fourth-order valence-electron chi connectivity index (χ4n) is 7.43. The molecule has 2 bridgehead atoms. The van der Waals surface area contributed by atoms with Gasteiger partial charge < -0.3 is 10.2 Å². The minimum atomic E-state index is -0.366. The number of aliphatic hydroxyl groups is 2. The SMILES string of the molecule is CC1(C)CCC[C@]2(C)[C@@H]1CC[C@]13C=C[C@](CO)(C1)[C@H](O)C[C@H]32. The number of hydrogen-bond acceptors (Lipinski definition) is 2. The average Bonchev–Trinajstić information content (AvgIpc) is 2.78. The Morgan fingerprint density at radius 2 is 1.82 bits per heavy atom. The van der Waals surface area contributed by atoms with E-state index in [0.717, 1.165) is 18.8 Å². The molecule has 1 spiro atoms. The van der Waals surface area contributed by atoms with Crippen molar-refractivity contribution in [2.75, 3.05) is 6.61 Å². The summed E-state index contributed by atoms with van der Waals surface area (Å²) in [6.07, 6.45) is 12.7. The van der Waals surface area contributed by atoms with Crippen LogP contribution in [0.3, 0.4) is 0 Å². The van der Waals surface area contributed by atoms with Gasteiger partial charge in [-0.05, 0) is 66.6 Å². The van der Waals surface area contributed by atoms with Gasteiger partial charge in [0.25, 0.3) is 0 Å². The van der Waals surface area contributed by atoms with Crippen LogP contribution in [0.5, 0.6) is 0 Å². The Bertz CT molecular complexity index is 510. The Kier molecular flexibility index (Phi) is 3.03. The van der Waals surface area contributed by atoms with Crippen molar-refractivity contribution in [2.45, 2.75) is 71.8 Å². The molecule has 0 aliphatic heterocycles. The average molecular weight is 304 g/mol. The topological polar surface area (TPSA) is 40.5 Å². The van der Waals surface area contributed by atoms with Crippen LogP contribution in [0.1, 0.15) is 65.7 Å². The smallest absolute Gasteiger partial charge is 0.0656 e. The standard InChI is InChI=1S/C20H32O2/c1-17(2)6-4-7-18(3)14(17)5-8-19-9-10-20(12-19,13-21)16(22)11-15(18)19/h9-10,14-16,21-22H,4-8,11-13H2,1-3H3/t14-,15+,16-,18-,19+,20-/m1/s1. The molecule has 22 heavy (non-hydrogen) atoms. The first kappa shape index (κ1) is 15.2. The van der Waals surface area contributed by atoms with Crippen molar-refractivity contribution in [3.8, 4) is 0 Å². The van der Waals surface area contributed by atoms with E-state index in [1.807, 2.05) is 0 Å². The predicted octanol–water partition coefficient (Wildman–Crippen LogP) is 3.92. The lowest BCUT2D eigenvalue weighted by atomic mass is 9.40. The highest BCUT2D eigenvalue weighted by Gasteiger charge is 2.65. The summed E-state index contributed by atoms with van der Waals surface area (Å²) < 4.78 is 0.